The number of ether oxygens (including phenoxy) is 1. The fourth-order valence-corrected chi connectivity index (χ4v) is 1.89. The zero-order valence-corrected chi connectivity index (χ0v) is 11.7. The Balaban J connectivity index is 2.59. The Hall–Kier alpha value is -2.01. The summed E-state index contributed by atoms with van der Waals surface area (Å²) in [5.74, 6) is -0.475. The van der Waals surface area contributed by atoms with Crippen LogP contribution in [0.3, 0.4) is 0 Å². The zero-order chi connectivity index (χ0) is 14.2. The number of aryl methyl sites for hydroxylation is 2. The van der Waals surface area contributed by atoms with Gasteiger partial charge in [0.15, 0.2) is 0 Å². The van der Waals surface area contributed by atoms with Crippen LogP contribution < -0.4 is 5.73 Å². The van der Waals surface area contributed by atoms with E-state index in [9.17, 15) is 4.79 Å². The number of rotatable bonds is 2. The van der Waals surface area contributed by atoms with Gasteiger partial charge >= 0.3 is 5.97 Å². The van der Waals surface area contributed by atoms with Crippen LogP contribution in [0.25, 0.3) is 5.69 Å². The van der Waals surface area contributed by atoms with Crippen LogP contribution >= 0.6 is 11.6 Å². The van der Waals surface area contributed by atoms with Crippen molar-refractivity contribution in [3.63, 3.8) is 0 Å². The van der Waals surface area contributed by atoms with Crippen LogP contribution in [0, 0.1) is 13.8 Å². The molecule has 0 unspecified atom stereocenters. The molecule has 1 heterocycles. The summed E-state index contributed by atoms with van der Waals surface area (Å²) in [6.07, 6.45) is 1.68. The van der Waals surface area contributed by atoms with E-state index in [1.165, 1.54) is 7.11 Å². The van der Waals surface area contributed by atoms with E-state index in [2.05, 4.69) is 5.10 Å². The highest BCUT2D eigenvalue weighted by Crippen LogP contribution is 2.24. The quantitative estimate of drug-likeness (QED) is 0.677. The first kappa shape index (κ1) is 13.4. The first-order chi connectivity index (χ1) is 8.93. The number of halogens is 1. The number of benzene rings is 1. The number of nitrogens with zero attached hydrogens (tertiary/aromatic N) is 2. The second-order valence-corrected chi connectivity index (χ2v) is 4.63. The molecule has 0 radical (unpaired) electrons. The summed E-state index contributed by atoms with van der Waals surface area (Å²) < 4.78 is 6.32. The predicted molar refractivity (Wildman–Crippen MR) is 73.8 cm³/mol. The molecule has 0 saturated heterocycles. The Morgan fingerprint density at radius 1 is 1.42 bits per heavy atom. The number of hydrogen-bond donors (Lipinski definition) is 1. The monoisotopic (exact) mass is 279 g/mol. The average Bonchev–Trinajstić information content (AvgIpc) is 2.72. The van der Waals surface area contributed by atoms with Crippen molar-refractivity contribution in [2.75, 3.05) is 12.8 Å². The fraction of sp³-hybridized carbons (Fsp3) is 0.231. The van der Waals surface area contributed by atoms with Gasteiger partial charge in [-0.15, -0.1) is 0 Å². The van der Waals surface area contributed by atoms with Gasteiger partial charge in [0, 0.05) is 11.9 Å². The van der Waals surface area contributed by atoms with E-state index in [1.807, 2.05) is 19.9 Å². The molecule has 2 aromatic rings. The number of anilines is 1. The lowest BCUT2D eigenvalue weighted by Crippen LogP contribution is -2.09. The van der Waals surface area contributed by atoms with Crippen LogP contribution in [0.5, 0.6) is 0 Å². The molecular formula is C13H14ClN3O2. The molecule has 0 aliphatic rings. The maximum Gasteiger partial charge on any atom is 0.340 e. The lowest BCUT2D eigenvalue weighted by Gasteiger charge is -2.10. The molecule has 0 spiro atoms. The van der Waals surface area contributed by atoms with Gasteiger partial charge in [0.2, 0.25) is 0 Å². The van der Waals surface area contributed by atoms with Gasteiger partial charge < -0.3 is 10.5 Å². The number of aromatic nitrogens is 2. The van der Waals surface area contributed by atoms with Crippen LogP contribution in [-0.2, 0) is 4.74 Å². The Morgan fingerprint density at radius 2 is 2.11 bits per heavy atom. The number of hydrogen-bond acceptors (Lipinski definition) is 4. The van der Waals surface area contributed by atoms with Gasteiger partial charge in [-0.3, -0.25) is 0 Å². The highest BCUT2D eigenvalue weighted by atomic mass is 35.5. The zero-order valence-electron chi connectivity index (χ0n) is 10.9. The van der Waals surface area contributed by atoms with Crippen LogP contribution in [-0.4, -0.2) is 22.9 Å². The van der Waals surface area contributed by atoms with E-state index in [-0.39, 0.29) is 0 Å². The van der Waals surface area contributed by atoms with Gasteiger partial charge in [0.25, 0.3) is 0 Å². The number of esters is 1. The van der Waals surface area contributed by atoms with Crippen LogP contribution in [0.15, 0.2) is 18.3 Å². The fourth-order valence-electron chi connectivity index (χ4n) is 1.76. The highest BCUT2D eigenvalue weighted by Gasteiger charge is 2.15. The number of nitrogens with two attached hydrogens (primary N) is 1. The second-order valence-electron chi connectivity index (χ2n) is 4.22. The molecule has 0 aliphatic carbocycles. The van der Waals surface area contributed by atoms with Gasteiger partial charge in [0.1, 0.15) is 0 Å². The van der Waals surface area contributed by atoms with E-state index < -0.39 is 5.97 Å². The van der Waals surface area contributed by atoms with Gasteiger partial charge in [-0.05, 0) is 31.5 Å². The minimum atomic E-state index is -0.475. The van der Waals surface area contributed by atoms with Gasteiger partial charge in [-0.2, -0.15) is 5.10 Å². The molecule has 2 N–H and O–H groups in total. The third-order valence-electron chi connectivity index (χ3n) is 2.88. The molecule has 1 aromatic heterocycles. The van der Waals surface area contributed by atoms with Crippen molar-refractivity contribution in [3.05, 3.63) is 40.2 Å². The third-order valence-corrected chi connectivity index (χ3v) is 3.25. The molecule has 0 atom stereocenters. The van der Waals surface area contributed by atoms with Crippen molar-refractivity contribution >= 4 is 23.3 Å². The Kier molecular flexibility index (Phi) is 3.48. The largest absolute Gasteiger partial charge is 0.465 e. The minimum Gasteiger partial charge on any atom is -0.465 e. The van der Waals surface area contributed by atoms with Crippen molar-refractivity contribution in [2.24, 2.45) is 0 Å². The molecule has 1 aromatic carbocycles. The van der Waals surface area contributed by atoms with Crippen LogP contribution in [0.1, 0.15) is 21.6 Å². The van der Waals surface area contributed by atoms with Crippen molar-refractivity contribution in [2.45, 2.75) is 13.8 Å². The van der Waals surface area contributed by atoms with Gasteiger partial charge in [0.05, 0.1) is 29.1 Å². The van der Waals surface area contributed by atoms with Gasteiger partial charge in [-0.25, -0.2) is 9.48 Å². The summed E-state index contributed by atoms with van der Waals surface area (Å²) in [6, 6.07) is 3.47. The molecule has 0 aliphatic heterocycles. The van der Waals surface area contributed by atoms with Crippen LogP contribution in [0.4, 0.5) is 5.69 Å². The standard InChI is InChI=1S/C13H14ClN3O2/c1-7-4-9(17-6-11(14)8(2)16-17)5-10(12(7)15)13(18)19-3/h4-6H,15H2,1-3H3. The van der Waals surface area contributed by atoms with E-state index >= 15 is 0 Å². The minimum absolute atomic E-state index is 0.321. The molecule has 0 fully saturated rings. The molecule has 2 rings (SSSR count). The Labute approximate surface area is 115 Å². The van der Waals surface area contributed by atoms with Gasteiger partial charge in [-0.1, -0.05) is 11.6 Å². The number of carbonyl (C=O) groups excluding carboxylic acids is 1. The third kappa shape index (κ3) is 2.42. The predicted octanol–water partition coefficient (Wildman–Crippen LogP) is 2.51. The molecule has 0 bridgehead atoms. The van der Waals surface area contributed by atoms with Crippen LogP contribution in [0.2, 0.25) is 5.02 Å². The Morgan fingerprint density at radius 3 is 2.63 bits per heavy atom. The topological polar surface area (TPSA) is 70.1 Å². The van der Waals surface area contributed by atoms with Crippen molar-refractivity contribution in [3.8, 4) is 5.69 Å². The molecule has 6 heteroatoms. The summed E-state index contributed by atoms with van der Waals surface area (Å²) in [7, 11) is 1.32. The molecule has 100 valence electrons. The molecular weight excluding hydrogens is 266 g/mol. The first-order valence-corrected chi connectivity index (χ1v) is 6.02. The average molecular weight is 280 g/mol. The Bertz CT molecular complexity index is 630. The number of methoxy groups -OCH3 is 1. The van der Waals surface area contributed by atoms with E-state index in [4.69, 9.17) is 22.1 Å². The molecule has 5 nitrogen and oxygen atoms in total. The summed E-state index contributed by atoms with van der Waals surface area (Å²) in [6.45, 7) is 3.63. The number of carbonyl (C=O) groups is 1. The van der Waals surface area contributed by atoms with E-state index in [0.717, 1.165) is 11.3 Å². The van der Waals surface area contributed by atoms with E-state index in [1.54, 1.807) is 16.9 Å². The summed E-state index contributed by atoms with van der Waals surface area (Å²) in [4.78, 5) is 11.7. The number of nitrogen functional groups attached to an aromatic ring is 1. The summed E-state index contributed by atoms with van der Waals surface area (Å²) in [5, 5.41) is 4.83. The summed E-state index contributed by atoms with van der Waals surface area (Å²) >= 11 is 5.98. The second kappa shape index (κ2) is 4.93. The maximum absolute atomic E-state index is 11.7. The van der Waals surface area contributed by atoms with Crippen molar-refractivity contribution in [1.82, 2.24) is 9.78 Å². The van der Waals surface area contributed by atoms with Crippen molar-refractivity contribution in [1.29, 1.82) is 0 Å². The normalized spacial score (nSPS) is 10.5. The SMILES string of the molecule is COC(=O)c1cc(-n2cc(Cl)c(C)n2)cc(C)c1N. The maximum atomic E-state index is 11.7. The smallest absolute Gasteiger partial charge is 0.340 e. The molecule has 19 heavy (non-hydrogen) atoms. The highest BCUT2D eigenvalue weighted by molar-refractivity contribution is 6.31. The lowest BCUT2D eigenvalue weighted by molar-refractivity contribution is 0.0602. The van der Waals surface area contributed by atoms with E-state index in [0.29, 0.717) is 22.0 Å². The molecule has 0 saturated carbocycles. The van der Waals surface area contributed by atoms with Crippen molar-refractivity contribution < 1.29 is 9.53 Å². The summed E-state index contributed by atoms with van der Waals surface area (Å²) in [5.41, 5.74) is 8.82. The molecule has 0 amide bonds. The first-order valence-electron chi connectivity index (χ1n) is 5.64. The lowest BCUT2D eigenvalue weighted by atomic mass is 10.1.